The molecule has 0 aliphatic heterocycles. The molecule has 0 aromatic heterocycles. The van der Waals surface area contributed by atoms with E-state index >= 15 is 0 Å². The van der Waals surface area contributed by atoms with Gasteiger partial charge in [-0.2, -0.15) is 0 Å². The smallest absolute Gasteiger partial charge is 0.0940 e. The summed E-state index contributed by atoms with van der Waals surface area (Å²) in [5.74, 6) is 0. The Balaban J connectivity index is 2.70. The molecule has 13 heavy (non-hydrogen) atoms. The minimum Gasteiger partial charge on any atom is -0.387 e. The van der Waals surface area contributed by atoms with Crippen molar-refractivity contribution in [1.29, 1.82) is 0 Å². The largest absolute Gasteiger partial charge is 0.387 e. The van der Waals surface area contributed by atoms with E-state index in [9.17, 15) is 5.11 Å². The summed E-state index contributed by atoms with van der Waals surface area (Å²) in [7, 11) is 0. The molecule has 0 bridgehead atoms. The SMILES string of the molecule is [2H]C([2H])([2H])N[C@H](C)[C@H](O)c1ccc(C)cc1. The van der Waals surface area contributed by atoms with Crippen molar-refractivity contribution in [3.63, 3.8) is 0 Å². The van der Waals surface area contributed by atoms with Gasteiger partial charge in [-0.1, -0.05) is 29.8 Å². The molecule has 1 aromatic rings. The Morgan fingerprint density at radius 2 is 2.00 bits per heavy atom. The quantitative estimate of drug-likeness (QED) is 0.744. The Labute approximate surface area is 83.8 Å². The highest BCUT2D eigenvalue weighted by Gasteiger charge is 2.13. The Hall–Kier alpha value is -0.860. The fourth-order valence-corrected chi connectivity index (χ4v) is 1.13. The van der Waals surface area contributed by atoms with Gasteiger partial charge in [-0.05, 0) is 26.4 Å². The summed E-state index contributed by atoms with van der Waals surface area (Å²) in [5.41, 5.74) is 1.82. The van der Waals surface area contributed by atoms with Gasteiger partial charge < -0.3 is 10.4 Å². The van der Waals surface area contributed by atoms with Gasteiger partial charge in [0.05, 0.1) is 6.10 Å². The third-order valence-corrected chi connectivity index (χ3v) is 2.12. The van der Waals surface area contributed by atoms with Crippen molar-refractivity contribution in [1.82, 2.24) is 5.32 Å². The van der Waals surface area contributed by atoms with Crippen LogP contribution in [0.15, 0.2) is 24.3 Å². The highest BCUT2D eigenvalue weighted by molar-refractivity contribution is 5.23. The van der Waals surface area contributed by atoms with Gasteiger partial charge in [0.1, 0.15) is 0 Å². The molecule has 0 spiro atoms. The Kier molecular flexibility index (Phi) is 2.22. The molecule has 2 nitrogen and oxygen atoms in total. The zero-order valence-electron chi connectivity index (χ0n) is 10.9. The third-order valence-electron chi connectivity index (χ3n) is 2.12. The van der Waals surface area contributed by atoms with Crippen LogP contribution in [0.5, 0.6) is 0 Å². The number of aliphatic hydroxyl groups is 1. The molecule has 0 heterocycles. The molecule has 0 unspecified atom stereocenters. The second-order valence-electron chi connectivity index (χ2n) is 3.29. The lowest BCUT2D eigenvalue weighted by Crippen LogP contribution is -2.28. The van der Waals surface area contributed by atoms with E-state index in [2.05, 4.69) is 5.32 Å². The summed E-state index contributed by atoms with van der Waals surface area (Å²) in [6.45, 7) is 1.38. The minimum atomic E-state index is -2.23. The van der Waals surface area contributed by atoms with E-state index in [0.717, 1.165) is 11.1 Å². The normalized spacial score (nSPS) is 19.8. The van der Waals surface area contributed by atoms with E-state index in [4.69, 9.17) is 4.11 Å². The fourth-order valence-electron chi connectivity index (χ4n) is 1.13. The number of hydrogen-bond donors (Lipinski definition) is 2. The second-order valence-corrected chi connectivity index (χ2v) is 3.29. The summed E-state index contributed by atoms with van der Waals surface area (Å²) in [6, 6.07) is 6.87. The number of aryl methyl sites for hydroxylation is 1. The second kappa shape index (κ2) is 4.40. The van der Waals surface area contributed by atoms with Gasteiger partial charge in [-0.15, -0.1) is 0 Å². The van der Waals surface area contributed by atoms with Gasteiger partial charge in [-0.25, -0.2) is 0 Å². The molecule has 2 N–H and O–H groups in total. The van der Waals surface area contributed by atoms with Crippen LogP contribution < -0.4 is 5.32 Å². The van der Waals surface area contributed by atoms with Crippen LogP contribution in [0.2, 0.25) is 0 Å². The van der Waals surface area contributed by atoms with E-state index in [-0.39, 0.29) is 0 Å². The average molecular weight is 182 g/mol. The lowest BCUT2D eigenvalue weighted by molar-refractivity contribution is 0.140. The molecule has 0 amide bonds. The van der Waals surface area contributed by atoms with Crippen LogP contribution >= 0.6 is 0 Å². The number of likely N-dealkylation sites (N-methyl/N-ethyl adjacent to an activating group) is 1. The van der Waals surface area contributed by atoms with Gasteiger partial charge >= 0.3 is 0 Å². The first-order valence-corrected chi connectivity index (χ1v) is 4.32. The van der Waals surface area contributed by atoms with E-state index < -0.39 is 19.1 Å². The van der Waals surface area contributed by atoms with Gasteiger partial charge in [0.15, 0.2) is 0 Å². The van der Waals surface area contributed by atoms with Crippen molar-refractivity contribution >= 4 is 0 Å². The maximum absolute atomic E-state index is 9.93. The van der Waals surface area contributed by atoms with E-state index in [1.807, 2.05) is 19.1 Å². The molecule has 0 saturated heterocycles. The highest BCUT2D eigenvalue weighted by atomic mass is 16.3. The lowest BCUT2D eigenvalue weighted by Gasteiger charge is -2.18. The molecular formula is C11H17NO. The standard InChI is InChI=1S/C11H17NO/c1-8-4-6-10(7-5-8)11(13)9(2)12-3/h4-7,9,11-13H,1-3H3/t9-,11+/m1/s1/i3D3. The third kappa shape index (κ3) is 2.54. The molecule has 0 radical (unpaired) electrons. The molecule has 1 rings (SSSR count). The minimum absolute atomic E-state index is 0.518. The van der Waals surface area contributed by atoms with E-state index in [0.29, 0.717) is 0 Å². The van der Waals surface area contributed by atoms with Crippen molar-refractivity contribution in [3.8, 4) is 0 Å². The predicted molar refractivity (Wildman–Crippen MR) is 54.7 cm³/mol. The molecule has 0 aliphatic carbocycles. The van der Waals surface area contributed by atoms with Crippen LogP contribution in [0.25, 0.3) is 0 Å². The topological polar surface area (TPSA) is 32.3 Å². The summed E-state index contributed by atoms with van der Waals surface area (Å²) >= 11 is 0. The summed E-state index contributed by atoms with van der Waals surface area (Å²) in [6.07, 6.45) is -0.818. The molecule has 0 saturated carbocycles. The summed E-state index contributed by atoms with van der Waals surface area (Å²) < 4.78 is 21.2. The van der Waals surface area contributed by atoms with Crippen molar-refractivity contribution in [2.45, 2.75) is 26.0 Å². The number of hydrogen-bond acceptors (Lipinski definition) is 2. The Morgan fingerprint density at radius 3 is 2.54 bits per heavy atom. The van der Waals surface area contributed by atoms with Gasteiger partial charge in [0.2, 0.25) is 0 Å². The highest BCUT2D eigenvalue weighted by Crippen LogP contribution is 2.16. The first-order valence-electron chi connectivity index (χ1n) is 5.82. The number of aliphatic hydroxyl groups excluding tert-OH is 1. The van der Waals surface area contributed by atoms with Crippen LogP contribution in [0.3, 0.4) is 0 Å². The first-order chi connectivity index (χ1) is 7.29. The summed E-state index contributed by atoms with van der Waals surface area (Å²) in [5, 5.41) is 12.3. The van der Waals surface area contributed by atoms with Crippen molar-refractivity contribution in [2.24, 2.45) is 0 Å². The van der Waals surface area contributed by atoms with Crippen LogP contribution in [0.1, 0.15) is 28.3 Å². The molecule has 2 heteroatoms. The van der Waals surface area contributed by atoms with Crippen LogP contribution in [0.4, 0.5) is 0 Å². The molecule has 1 aromatic carbocycles. The Morgan fingerprint density at radius 1 is 1.38 bits per heavy atom. The molecule has 2 atom stereocenters. The fraction of sp³-hybridized carbons (Fsp3) is 0.455. The van der Waals surface area contributed by atoms with Crippen LogP contribution in [0, 0.1) is 6.92 Å². The van der Waals surface area contributed by atoms with E-state index in [1.54, 1.807) is 19.1 Å². The molecule has 0 aliphatic rings. The summed E-state index contributed by atoms with van der Waals surface area (Å²) in [4.78, 5) is 0. The van der Waals surface area contributed by atoms with Crippen LogP contribution in [-0.4, -0.2) is 18.1 Å². The Bertz CT molecular complexity index is 334. The monoisotopic (exact) mass is 182 g/mol. The van der Waals surface area contributed by atoms with Gasteiger partial charge in [-0.3, -0.25) is 0 Å². The van der Waals surface area contributed by atoms with Crippen molar-refractivity contribution < 1.29 is 9.22 Å². The zero-order valence-corrected chi connectivity index (χ0v) is 7.91. The molecule has 0 fully saturated rings. The van der Waals surface area contributed by atoms with Gasteiger partial charge in [0.25, 0.3) is 0 Å². The lowest BCUT2D eigenvalue weighted by atomic mass is 10.0. The first kappa shape index (κ1) is 6.57. The number of benzene rings is 1. The molecular weight excluding hydrogens is 162 g/mol. The predicted octanol–water partition coefficient (Wildman–Crippen LogP) is 1.64. The van der Waals surface area contributed by atoms with E-state index in [1.165, 1.54) is 0 Å². The zero-order chi connectivity index (χ0) is 12.3. The van der Waals surface area contributed by atoms with Crippen LogP contribution in [-0.2, 0) is 0 Å². The van der Waals surface area contributed by atoms with Crippen molar-refractivity contribution in [3.05, 3.63) is 35.4 Å². The maximum atomic E-state index is 9.93. The van der Waals surface area contributed by atoms with Gasteiger partial charge in [0, 0.05) is 10.2 Å². The molecule has 72 valence electrons. The average Bonchev–Trinajstić information content (AvgIpc) is 2.15. The number of rotatable bonds is 3. The van der Waals surface area contributed by atoms with Crippen molar-refractivity contribution in [2.75, 3.05) is 6.98 Å². The maximum Gasteiger partial charge on any atom is 0.0940 e. The number of nitrogens with one attached hydrogen (secondary N) is 1.